The number of carbonyl (C=O) groups excluding carboxylic acids is 2. The van der Waals surface area contributed by atoms with Gasteiger partial charge in [0.1, 0.15) is 5.82 Å². The number of amides is 1. The summed E-state index contributed by atoms with van der Waals surface area (Å²) in [5, 5.41) is 7.18. The number of anilines is 1. The molecule has 0 saturated carbocycles. The van der Waals surface area contributed by atoms with Crippen molar-refractivity contribution in [3.05, 3.63) is 64.8 Å². The van der Waals surface area contributed by atoms with E-state index >= 15 is 0 Å². The van der Waals surface area contributed by atoms with Crippen molar-refractivity contribution in [1.29, 1.82) is 0 Å². The fourth-order valence-electron chi connectivity index (χ4n) is 3.84. The number of fused-ring (bicyclic) bond motifs is 1. The Morgan fingerprint density at radius 3 is 2.48 bits per heavy atom. The van der Waals surface area contributed by atoms with E-state index < -0.39 is 10.0 Å². The average molecular weight is 467 g/mol. The molecule has 33 heavy (non-hydrogen) atoms. The van der Waals surface area contributed by atoms with Gasteiger partial charge >= 0.3 is 0 Å². The van der Waals surface area contributed by atoms with Crippen LogP contribution in [-0.2, 0) is 27.8 Å². The summed E-state index contributed by atoms with van der Waals surface area (Å²) in [7, 11) is -3.81. The molecule has 0 radical (unpaired) electrons. The molecule has 0 spiro atoms. The van der Waals surface area contributed by atoms with Crippen molar-refractivity contribution < 1.29 is 18.0 Å². The maximum Gasteiger partial charge on any atom is 0.249 e. The van der Waals surface area contributed by atoms with Crippen LogP contribution in [0.2, 0.25) is 0 Å². The summed E-state index contributed by atoms with van der Waals surface area (Å²) < 4.78 is 30.2. The molecule has 172 valence electrons. The third-order valence-electron chi connectivity index (χ3n) is 5.71. The normalized spacial score (nSPS) is 14.0. The zero-order valence-corrected chi connectivity index (χ0v) is 19.6. The van der Waals surface area contributed by atoms with E-state index in [1.54, 1.807) is 25.1 Å². The van der Waals surface area contributed by atoms with Crippen LogP contribution >= 0.6 is 0 Å². The quantitative estimate of drug-likeness (QED) is 0.577. The van der Waals surface area contributed by atoms with Gasteiger partial charge in [0.05, 0.1) is 10.6 Å². The van der Waals surface area contributed by atoms with E-state index in [2.05, 4.69) is 15.1 Å². The summed E-state index contributed by atoms with van der Waals surface area (Å²) in [4.78, 5) is 24.8. The Hall–Kier alpha value is -3.30. The zero-order valence-electron chi connectivity index (χ0n) is 18.8. The number of nitrogens with zero attached hydrogens (tertiary/aromatic N) is 2. The minimum atomic E-state index is -3.81. The van der Waals surface area contributed by atoms with E-state index in [9.17, 15) is 18.0 Å². The molecule has 1 aliphatic rings. The first-order valence-corrected chi connectivity index (χ1v) is 12.3. The summed E-state index contributed by atoms with van der Waals surface area (Å²) in [6, 6.07) is 12.7. The van der Waals surface area contributed by atoms with E-state index in [1.165, 1.54) is 4.68 Å². The molecule has 3 aromatic rings. The van der Waals surface area contributed by atoms with Crippen LogP contribution in [0.15, 0.2) is 47.4 Å². The molecule has 0 fully saturated rings. The van der Waals surface area contributed by atoms with Crippen molar-refractivity contribution in [3.8, 4) is 11.1 Å². The molecular weight excluding hydrogens is 440 g/mol. The second kappa shape index (κ2) is 8.92. The van der Waals surface area contributed by atoms with Gasteiger partial charge in [0.2, 0.25) is 21.8 Å². The first-order valence-electron chi connectivity index (χ1n) is 10.8. The van der Waals surface area contributed by atoms with Crippen LogP contribution in [0, 0.1) is 13.8 Å². The standard InChI is InChI=1S/C24H26N4O4S/c1-4-19-23(24-26-21(29)11-12-22(30)28(24)27-19)18-10-7-16(3)20(13-18)33(31,32)25-14-17-8-5-15(2)6-9-17/h5-10,13,25H,4,11-12,14H2,1-3H3,(H,26,29). The number of benzene rings is 2. The van der Waals surface area contributed by atoms with Gasteiger partial charge in [-0.1, -0.05) is 48.9 Å². The molecule has 1 aromatic heterocycles. The van der Waals surface area contributed by atoms with Crippen molar-refractivity contribution in [3.63, 3.8) is 0 Å². The van der Waals surface area contributed by atoms with Gasteiger partial charge in [-0.3, -0.25) is 9.59 Å². The summed E-state index contributed by atoms with van der Waals surface area (Å²) in [6.45, 7) is 5.77. The third-order valence-corrected chi connectivity index (χ3v) is 7.25. The maximum atomic E-state index is 13.2. The summed E-state index contributed by atoms with van der Waals surface area (Å²) in [5.74, 6) is -0.256. The Morgan fingerprint density at radius 1 is 1.06 bits per heavy atom. The Kier molecular flexibility index (Phi) is 6.18. The van der Waals surface area contributed by atoms with Gasteiger partial charge in [-0.05, 0) is 43.0 Å². The van der Waals surface area contributed by atoms with Gasteiger partial charge in [0.15, 0.2) is 0 Å². The Bertz CT molecular complexity index is 1340. The minimum absolute atomic E-state index is 0.0690. The SMILES string of the molecule is CCc1nn2c(c1-c1ccc(C)c(S(=O)(=O)NCc3ccc(C)cc3)c1)NC(=O)CCC2=O. The van der Waals surface area contributed by atoms with Gasteiger partial charge in [-0.2, -0.15) is 9.78 Å². The number of rotatable bonds is 6. The van der Waals surface area contributed by atoms with Crippen molar-refractivity contribution in [2.75, 3.05) is 5.32 Å². The topological polar surface area (TPSA) is 110 Å². The molecule has 9 heteroatoms. The van der Waals surface area contributed by atoms with Crippen LogP contribution in [-0.4, -0.2) is 30.0 Å². The molecule has 8 nitrogen and oxygen atoms in total. The number of hydrogen-bond donors (Lipinski definition) is 2. The Labute approximate surface area is 193 Å². The maximum absolute atomic E-state index is 13.2. The first-order chi connectivity index (χ1) is 15.7. The number of nitrogens with one attached hydrogen (secondary N) is 2. The number of carbonyl (C=O) groups is 2. The second-order valence-corrected chi connectivity index (χ2v) is 9.90. The highest BCUT2D eigenvalue weighted by Crippen LogP contribution is 2.35. The fraction of sp³-hybridized carbons (Fsp3) is 0.292. The van der Waals surface area contributed by atoms with Crippen LogP contribution in [0.5, 0.6) is 0 Å². The van der Waals surface area contributed by atoms with E-state index in [1.807, 2.05) is 38.1 Å². The predicted octanol–water partition coefficient (Wildman–Crippen LogP) is 3.58. The fourth-order valence-corrected chi connectivity index (χ4v) is 5.12. The van der Waals surface area contributed by atoms with Gasteiger partial charge in [-0.25, -0.2) is 13.1 Å². The smallest absolute Gasteiger partial charge is 0.249 e. The Balaban J connectivity index is 1.74. The molecule has 0 unspecified atom stereocenters. The van der Waals surface area contributed by atoms with Crippen LogP contribution in [0.1, 0.15) is 46.9 Å². The lowest BCUT2D eigenvalue weighted by molar-refractivity contribution is -0.116. The number of sulfonamides is 1. The average Bonchev–Trinajstić information content (AvgIpc) is 3.09. The molecule has 0 aliphatic carbocycles. The molecular formula is C24H26N4O4S. The van der Waals surface area contributed by atoms with Gasteiger partial charge in [-0.15, -0.1) is 0 Å². The molecule has 2 aromatic carbocycles. The lowest BCUT2D eigenvalue weighted by atomic mass is 10.0. The van der Waals surface area contributed by atoms with Gasteiger partial charge < -0.3 is 5.32 Å². The monoisotopic (exact) mass is 466 g/mol. The van der Waals surface area contributed by atoms with Gasteiger partial charge in [0, 0.05) is 24.9 Å². The highest BCUT2D eigenvalue weighted by molar-refractivity contribution is 7.89. The second-order valence-electron chi connectivity index (χ2n) is 8.17. The molecule has 0 atom stereocenters. The zero-order chi connectivity index (χ0) is 23.8. The molecule has 1 aliphatic heterocycles. The molecule has 2 heterocycles. The van der Waals surface area contributed by atoms with E-state index in [0.717, 1.165) is 11.1 Å². The lowest BCUT2D eigenvalue weighted by Crippen LogP contribution is -2.24. The van der Waals surface area contributed by atoms with Crippen molar-refractivity contribution in [1.82, 2.24) is 14.5 Å². The highest BCUT2D eigenvalue weighted by atomic mass is 32.2. The summed E-state index contributed by atoms with van der Waals surface area (Å²) in [5.41, 5.74) is 4.30. The van der Waals surface area contributed by atoms with Crippen molar-refractivity contribution in [2.24, 2.45) is 0 Å². The largest absolute Gasteiger partial charge is 0.310 e. The lowest BCUT2D eigenvalue weighted by Gasteiger charge is -2.13. The number of aromatic nitrogens is 2. The molecule has 0 bridgehead atoms. The Morgan fingerprint density at radius 2 is 1.79 bits per heavy atom. The third kappa shape index (κ3) is 4.60. The minimum Gasteiger partial charge on any atom is -0.310 e. The van der Waals surface area contributed by atoms with E-state index in [-0.39, 0.29) is 36.1 Å². The van der Waals surface area contributed by atoms with Crippen molar-refractivity contribution in [2.45, 2.75) is 51.5 Å². The van der Waals surface area contributed by atoms with E-state index in [0.29, 0.717) is 34.6 Å². The van der Waals surface area contributed by atoms with Crippen LogP contribution in [0.4, 0.5) is 5.82 Å². The summed E-state index contributed by atoms with van der Waals surface area (Å²) >= 11 is 0. The van der Waals surface area contributed by atoms with Gasteiger partial charge in [0.25, 0.3) is 0 Å². The van der Waals surface area contributed by atoms with Crippen LogP contribution in [0.3, 0.4) is 0 Å². The van der Waals surface area contributed by atoms with Crippen LogP contribution in [0.25, 0.3) is 11.1 Å². The number of aryl methyl sites for hydroxylation is 3. The number of hydrogen-bond acceptors (Lipinski definition) is 5. The molecule has 4 rings (SSSR count). The first kappa shape index (κ1) is 22.9. The van der Waals surface area contributed by atoms with E-state index in [4.69, 9.17) is 0 Å². The van der Waals surface area contributed by atoms with Crippen molar-refractivity contribution >= 4 is 27.7 Å². The molecule has 1 amide bonds. The van der Waals surface area contributed by atoms with Crippen LogP contribution < -0.4 is 10.0 Å². The predicted molar refractivity (Wildman–Crippen MR) is 125 cm³/mol. The molecule has 0 saturated heterocycles. The molecule has 2 N–H and O–H groups in total. The summed E-state index contributed by atoms with van der Waals surface area (Å²) in [6.07, 6.45) is 0.666. The highest BCUT2D eigenvalue weighted by Gasteiger charge is 2.28.